The lowest BCUT2D eigenvalue weighted by molar-refractivity contribution is 0.102. The van der Waals surface area contributed by atoms with Crippen LogP contribution in [0, 0.1) is 6.92 Å². The molecule has 0 amide bonds. The van der Waals surface area contributed by atoms with Gasteiger partial charge in [-0.25, -0.2) is 9.97 Å². The van der Waals surface area contributed by atoms with Crippen molar-refractivity contribution in [1.29, 1.82) is 0 Å². The molecule has 2 rings (SSSR count). The van der Waals surface area contributed by atoms with Gasteiger partial charge in [0.2, 0.25) is 11.6 Å². The van der Waals surface area contributed by atoms with Crippen molar-refractivity contribution in [3.63, 3.8) is 0 Å². The first-order valence-corrected chi connectivity index (χ1v) is 5.63. The maximum absolute atomic E-state index is 12.0. The zero-order valence-corrected chi connectivity index (χ0v) is 9.97. The predicted molar refractivity (Wildman–Crippen MR) is 66.0 cm³/mol. The van der Waals surface area contributed by atoms with E-state index >= 15 is 0 Å². The third-order valence-corrected chi connectivity index (χ3v) is 2.61. The number of carbonyl (C=O) groups excluding carboxylic acids is 1. The van der Waals surface area contributed by atoms with Gasteiger partial charge in [0, 0.05) is 18.0 Å². The molecule has 1 heterocycles. The summed E-state index contributed by atoms with van der Waals surface area (Å²) >= 11 is 0. The standard InChI is InChI=1S/C14H14N2O/c1-3-11-4-6-12(7-5-11)13(17)14-15-8-10(2)9-16-14/h4-9H,3H2,1-2H3. The highest BCUT2D eigenvalue weighted by Crippen LogP contribution is 2.09. The summed E-state index contributed by atoms with van der Waals surface area (Å²) in [4.78, 5) is 20.1. The summed E-state index contributed by atoms with van der Waals surface area (Å²) in [7, 11) is 0. The van der Waals surface area contributed by atoms with Gasteiger partial charge in [-0.05, 0) is 24.5 Å². The van der Waals surface area contributed by atoms with Crippen LogP contribution in [0.2, 0.25) is 0 Å². The zero-order valence-electron chi connectivity index (χ0n) is 9.97. The van der Waals surface area contributed by atoms with Crippen LogP contribution < -0.4 is 0 Å². The molecule has 2 aromatic rings. The van der Waals surface area contributed by atoms with E-state index in [9.17, 15) is 4.79 Å². The minimum absolute atomic E-state index is 0.132. The Morgan fingerprint density at radius 1 is 1.12 bits per heavy atom. The molecular weight excluding hydrogens is 212 g/mol. The molecular formula is C14H14N2O. The van der Waals surface area contributed by atoms with E-state index in [1.807, 2.05) is 31.2 Å². The molecule has 0 aliphatic rings. The van der Waals surface area contributed by atoms with Crippen LogP contribution in [0.15, 0.2) is 36.7 Å². The molecule has 0 atom stereocenters. The summed E-state index contributed by atoms with van der Waals surface area (Å²) in [6.07, 6.45) is 4.27. The molecule has 0 bridgehead atoms. The van der Waals surface area contributed by atoms with Crippen LogP contribution in [0.3, 0.4) is 0 Å². The molecule has 1 aromatic carbocycles. The number of nitrogens with zero attached hydrogens (tertiary/aromatic N) is 2. The molecule has 0 fully saturated rings. The number of hydrogen-bond acceptors (Lipinski definition) is 3. The van der Waals surface area contributed by atoms with E-state index in [0.29, 0.717) is 5.56 Å². The third kappa shape index (κ3) is 2.56. The highest BCUT2D eigenvalue weighted by molar-refractivity contribution is 6.06. The predicted octanol–water partition coefficient (Wildman–Crippen LogP) is 2.58. The Morgan fingerprint density at radius 2 is 1.71 bits per heavy atom. The minimum Gasteiger partial charge on any atom is -0.285 e. The quantitative estimate of drug-likeness (QED) is 0.755. The number of rotatable bonds is 3. The van der Waals surface area contributed by atoms with E-state index in [1.54, 1.807) is 12.4 Å². The zero-order chi connectivity index (χ0) is 12.3. The molecule has 0 aliphatic heterocycles. The van der Waals surface area contributed by atoms with Crippen LogP contribution in [0.4, 0.5) is 0 Å². The van der Waals surface area contributed by atoms with Crippen molar-refractivity contribution >= 4 is 5.78 Å². The SMILES string of the molecule is CCc1ccc(C(=O)c2ncc(C)cn2)cc1. The van der Waals surface area contributed by atoms with Gasteiger partial charge >= 0.3 is 0 Å². The molecule has 17 heavy (non-hydrogen) atoms. The first-order valence-electron chi connectivity index (χ1n) is 5.63. The Bertz CT molecular complexity index is 515. The lowest BCUT2D eigenvalue weighted by atomic mass is 10.1. The lowest BCUT2D eigenvalue weighted by Crippen LogP contribution is -2.06. The average Bonchev–Trinajstić information content (AvgIpc) is 2.39. The van der Waals surface area contributed by atoms with Crippen molar-refractivity contribution in [1.82, 2.24) is 9.97 Å². The first-order chi connectivity index (χ1) is 8.20. The fourth-order valence-corrected chi connectivity index (χ4v) is 1.53. The van der Waals surface area contributed by atoms with Gasteiger partial charge in [0.05, 0.1) is 0 Å². The molecule has 1 aromatic heterocycles. The van der Waals surface area contributed by atoms with Crippen LogP contribution in [0.25, 0.3) is 0 Å². The number of aromatic nitrogens is 2. The van der Waals surface area contributed by atoms with Crippen LogP contribution in [0.5, 0.6) is 0 Å². The Labute approximate surface area is 101 Å². The maximum atomic E-state index is 12.0. The topological polar surface area (TPSA) is 42.9 Å². The molecule has 0 unspecified atom stereocenters. The fourth-order valence-electron chi connectivity index (χ4n) is 1.53. The van der Waals surface area contributed by atoms with Crippen molar-refractivity contribution in [2.45, 2.75) is 20.3 Å². The fraction of sp³-hybridized carbons (Fsp3) is 0.214. The Balaban J connectivity index is 2.27. The minimum atomic E-state index is -0.132. The smallest absolute Gasteiger partial charge is 0.230 e. The van der Waals surface area contributed by atoms with Crippen LogP contribution in [-0.2, 0) is 6.42 Å². The molecule has 0 saturated carbocycles. The van der Waals surface area contributed by atoms with Gasteiger partial charge in [0.1, 0.15) is 0 Å². The van der Waals surface area contributed by atoms with Gasteiger partial charge in [-0.3, -0.25) is 4.79 Å². The molecule has 0 saturated heterocycles. The van der Waals surface area contributed by atoms with Gasteiger partial charge in [-0.1, -0.05) is 31.2 Å². The molecule has 0 radical (unpaired) electrons. The summed E-state index contributed by atoms with van der Waals surface area (Å²) in [5.41, 5.74) is 2.79. The second-order valence-electron chi connectivity index (χ2n) is 3.96. The van der Waals surface area contributed by atoms with Gasteiger partial charge in [-0.15, -0.1) is 0 Å². The summed E-state index contributed by atoms with van der Waals surface area (Å²) < 4.78 is 0. The Hall–Kier alpha value is -2.03. The molecule has 0 N–H and O–H groups in total. The van der Waals surface area contributed by atoms with Gasteiger partial charge in [0.15, 0.2) is 0 Å². The van der Waals surface area contributed by atoms with Gasteiger partial charge in [0.25, 0.3) is 0 Å². The number of ketones is 1. The first kappa shape index (κ1) is 11.5. The molecule has 0 spiro atoms. The van der Waals surface area contributed by atoms with E-state index in [0.717, 1.165) is 12.0 Å². The Kier molecular flexibility index (Phi) is 3.28. The Morgan fingerprint density at radius 3 is 2.24 bits per heavy atom. The van der Waals surface area contributed by atoms with Crippen molar-refractivity contribution in [3.05, 3.63) is 59.2 Å². The monoisotopic (exact) mass is 226 g/mol. The van der Waals surface area contributed by atoms with E-state index in [1.165, 1.54) is 5.56 Å². The molecule has 3 heteroatoms. The molecule has 0 aliphatic carbocycles. The van der Waals surface area contributed by atoms with Crippen LogP contribution >= 0.6 is 0 Å². The van der Waals surface area contributed by atoms with E-state index in [4.69, 9.17) is 0 Å². The van der Waals surface area contributed by atoms with Crippen LogP contribution in [0.1, 0.15) is 34.2 Å². The van der Waals surface area contributed by atoms with Crippen molar-refractivity contribution in [2.24, 2.45) is 0 Å². The average molecular weight is 226 g/mol. The summed E-state index contributed by atoms with van der Waals surface area (Å²) in [6.45, 7) is 3.98. The second-order valence-corrected chi connectivity index (χ2v) is 3.96. The third-order valence-electron chi connectivity index (χ3n) is 2.61. The van der Waals surface area contributed by atoms with Gasteiger partial charge < -0.3 is 0 Å². The number of benzene rings is 1. The summed E-state index contributed by atoms with van der Waals surface area (Å²) in [5.74, 6) is 0.118. The molecule has 86 valence electrons. The summed E-state index contributed by atoms with van der Waals surface area (Å²) in [6, 6.07) is 7.57. The van der Waals surface area contributed by atoms with Crippen molar-refractivity contribution < 1.29 is 4.79 Å². The second kappa shape index (κ2) is 4.87. The number of aryl methyl sites for hydroxylation is 2. The van der Waals surface area contributed by atoms with Crippen molar-refractivity contribution in [3.8, 4) is 0 Å². The summed E-state index contributed by atoms with van der Waals surface area (Å²) in [5, 5.41) is 0. The maximum Gasteiger partial charge on any atom is 0.230 e. The van der Waals surface area contributed by atoms with E-state index < -0.39 is 0 Å². The van der Waals surface area contributed by atoms with Crippen molar-refractivity contribution in [2.75, 3.05) is 0 Å². The van der Waals surface area contributed by atoms with E-state index in [-0.39, 0.29) is 11.6 Å². The normalized spacial score (nSPS) is 10.2. The number of hydrogen-bond donors (Lipinski definition) is 0. The molecule has 3 nitrogen and oxygen atoms in total. The number of carbonyl (C=O) groups is 1. The van der Waals surface area contributed by atoms with E-state index in [2.05, 4.69) is 16.9 Å². The largest absolute Gasteiger partial charge is 0.285 e. The highest BCUT2D eigenvalue weighted by Gasteiger charge is 2.11. The highest BCUT2D eigenvalue weighted by atomic mass is 16.1. The van der Waals surface area contributed by atoms with Crippen LogP contribution in [-0.4, -0.2) is 15.8 Å². The van der Waals surface area contributed by atoms with Gasteiger partial charge in [-0.2, -0.15) is 0 Å². The lowest BCUT2D eigenvalue weighted by Gasteiger charge is -2.01.